The third kappa shape index (κ3) is 5.86. The van der Waals surface area contributed by atoms with Crippen molar-refractivity contribution in [3.8, 4) is 11.5 Å². The lowest BCUT2D eigenvalue weighted by Gasteiger charge is -2.31. The Kier molecular flexibility index (Phi) is 8.23. The second kappa shape index (κ2) is 11.5. The van der Waals surface area contributed by atoms with E-state index >= 15 is 0 Å². The van der Waals surface area contributed by atoms with Crippen molar-refractivity contribution in [3.05, 3.63) is 36.4 Å². The lowest BCUT2D eigenvalue weighted by molar-refractivity contribution is -0.115. The molecule has 1 N–H and O–H groups in total. The van der Waals surface area contributed by atoms with E-state index in [9.17, 15) is 4.79 Å². The second-order valence-electron chi connectivity index (χ2n) is 7.92. The SMILES string of the molecule is CCOc1cc(N2CCOCC2)c(OCC)cc1NC(=O)CN1CCCSc2ccccc21. The fraction of sp³-hybridized carbons (Fsp3) is 0.480. The van der Waals surface area contributed by atoms with Crippen LogP contribution in [-0.2, 0) is 9.53 Å². The maximum Gasteiger partial charge on any atom is 0.243 e. The number of carbonyl (C=O) groups excluding carboxylic acids is 1. The molecular formula is C25H33N3O4S. The largest absolute Gasteiger partial charge is 0.492 e. The highest BCUT2D eigenvalue weighted by molar-refractivity contribution is 7.99. The predicted octanol–water partition coefficient (Wildman–Crippen LogP) is 4.26. The zero-order valence-corrected chi connectivity index (χ0v) is 20.3. The number of fused-ring (bicyclic) bond motifs is 1. The van der Waals surface area contributed by atoms with Crippen LogP contribution in [0.3, 0.4) is 0 Å². The number of morpholine rings is 1. The fourth-order valence-electron chi connectivity index (χ4n) is 4.17. The van der Waals surface area contributed by atoms with Crippen LogP contribution in [0.2, 0.25) is 0 Å². The van der Waals surface area contributed by atoms with Gasteiger partial charge >= 0.3 is 0 Å². The van der Waals surface area contributed by atoms with Gasteiger partial charge in [0.2, 0.25) is 5.91 Å². The summed E-state index contributed by atoms with van der Waals surface area (Å²) >= 11 is 1.85. The normalized spacial score (nSPS) is 16.1. The predicted molar refractivity (Wildman–Crippen MR) is 134 cm³/mol. The van der Waals surface area contributed by atoms with Gasteiger partial charge in [-0.15, -0.1) is 11.8 Å². The molecule has 1 saturated heterocycles. The van der Waals surface area contributed by atoms with Gasteiger partial charge in [-0.2, -0.15) is 0 Å². The highest BCUT2D eigenvalue weighted by Gasteiger charge is 2.22. The number of thioether (sulfide) groups is 1. The van der Waals surface area contributed by atoms with Crippen molar-refractivity contribution in [2.75, 3.05) is 73.5 Å². The second-order valence-corrected chi connectivity index (χ2v) is 9.06. The minimum absolute atomic E-state index is 0.0702. The molecule has 0 spiro atoms. The molecule has 2 aliphatic heterocycles. The molecule has 0 saturated carbocycles. The molecule has 1 fully saturated rings. The summed E-state index contributed by atoms with van der Waals surface area (Å²) in [6, 6.07) is 12.2. The van der Waals surface area contributed by atoms with Crippen LogP contribution < -0.4 is 24.6 Å². The Morgan fingerprint density at radius 3 is 2.58 bits per heavy atom. The number of ether oxygens (including phenoxy) is 3. The first-order valence-corrected chi connectivity index (χ1v) is 12.7. The van der Waals surface area contributed by atoms with E-state index in [1.165, 1.54) is 4.90 Å². The Morgan fingerprint density at radius 1 is 1.03 bits per heavy atom. The molecule has 2 aromatic rings. The monoisotopic (exact) mass is 471 g/mol. The van der Waals surface area contributed by atoms with Gasteiger partial charge in [0.05, 0.1) is 50.0 Å². The van der Waals surface area contributed by atoms with E-state index in [4.69, 9.17) is 14.2 Å². The average Bonchev–Trinajstić information content (AvgIpc) is 3.04. The van der Waals surface area contributed by atoms with Gasteiger partial charge in [0.25, 0.3) is 0 Å². The summed E-state index contributed by atoms with van der Waals surface area (Å²) in [5.74, 6) is 2.39. The first kappa shape index (κ1) is 23.6. The molecule has 8 heteroatoms. The molecule has 0 radical (unpaired) electrons. The molecule has 0 bridgehead atoms. The summed E-state index contributed by atoms with van der Waals surface area (Å²) in [5.41, 5.74) is 2.73. The molecule has 7 nitrogen and oxygen atoms in total. The minimum Gasteiger partial charge on any atom is -0.492 e. The Balaban J connectivity index is 1.56. The summed E-state index contributed by atoms with van der Waals surface area (Å²) in [5, 5.41) is 3.09. The van der Waals surface area contributed by atoms with Crippen LogP contribution in [-0.4, -0.2) is 64.3 Å². The van der Waals surface area contributed by atoms with Crippen LogP contribution in [0.1, 0.15) is 20.3 Å². The zero-order valence-electron chi connectivity index (χ0n) is 19.5. The van der Waals surface area contributed by atoms with Gasteiger partial charge in [-0.3, -0.25) is 4.79 Å². The number of anilines is 3. The van der Waals surface area contributed by atoms with E-state index in [2.05, 4.69) is 33.3 Å². The van der Waals surface area contributed by atoms with Crippen molar-refractivity contribution in [1.82, 2.24) is 0 Å². The third-order valence-electron chi connectivity index (χ3n) is 5.66. The summed E-state index contributed by atoms with van der Waals surface area (Å²) in [4.78, 5) is 18.8. The van der Waals surface area contributed by atoms with Crippen molar-refractivity contribution in [2.45, 2.75) is 25.2 Å². The Hall–Kier alpha value is -2.58. The third-order valence-corrected chi connectivity index (χ3v) is 6.81. The van der Waals surface area contributed by atoms with Crippen molar-refractivity contribution in [1.29, 1.82) is 0 Å². The van der Waals surface area contributed by atoms with Crippen molar-refractivity contribution >= 4 is 34.7 Å². The molecule has 33 heavy (non-hydrogen) atoms. The van der Waals surface area contributed by atoms with Crippen molar-refractivity contribution in [3.63, 3.8) is 0 Å². The maximum atomic E-state index is 13.1. The number of para-hydroxylation sites is 1. The molecular weight excluding hydrogens is 438 g/mol. The van der Waals surface area contributed by atoms with Gasteiger partial charge in [-0.05, 0) is 38.2 Å². The van der Waals surface area contributed by atoms with E-state index in [1.54, 1.807) is 0 Å². The van der Waals surface area contributed by atoms with E-state index in [-0.39, 0.29) is 5.91 Å². The summed E-state index contributed by atoms with van der Waals surface area (Å²) in [6.45, 7) is 9.07. The zero-order chi connectivity index (χ0) is 23.0. The Labute approximate surface area is 200 Å². The lowest BCUT2D eigenvalue weighted by Crippen LogP contribution is -2.36. The number of amides is 1. The maximum absolute atomic E-state index is 13.1. The van der Waals surface area contributed by atoms with Crippen molar-refractivity contribution in [2.24, 2.45) is 0 Å². The summed E-state index contributed by atoms with van der Waals surface area (Å²) in [7, 11) is 0. The van der Waals surface area contributed by atoms with Crippen LogP contribution in [0.5, 0.6) is 11.5 Å². The molecule has 0 atom stereocenters. The highest BCUT2D eigenvalue weighted by Crippen LogP contribution is 2.39. The van der Waals surface area contributed by atoms with Crippen LogP contribution >= 0.6 is 11.8 Å². The highest BCUT2D eigenvalue weighted by atomic mass is 32.2. The quantitative estimate of drug-likeness (QED) is 0.617. The van der Waals surface area contributed by atoms with Crippen LogP contribution in [0.25, 0.3) is 0 Å². The van der Waals surface area contributed by atoms with E-state index in [0.29, 0.717) is 44.4 Å². The number of benzene rings is 2. The molecule has 2 aromatic carbocycles. The summed E-state index contributed by atoms with van der Waals surface area (Å²) < 4.78 is 17.4. The number of nitrogens with one attached hydrogen (secondary N) is 1. The average molecular weight is 472 g/mol. The lowest BCUT2D eigenvalue weighted by atomic mass is 10.2. The Morgan fingerprint density at radius 2 is 1.79 bits per heavy atom. The van der Waals surface area contributed by atoms with Gasteiger partial charge in [0, 0.05) is 36.7 Å². The Bertz CT molecular complexity index is 949. The first-order chi connectivity index (χ1) is 16.2. The van der Waals surface area contributed by atoms with Gasteiger partial charge in [0.1, 0.15) is 11.5 Å². The fourth-order valence-corrected chi connectivity index (χ4v) is 5.18. The standard InChI is InChI=1S/C25H33N3O4S/c1-3-31-22-17-21(27-11-13-30-14-12-27)23(32-4-2)16-19(22)26-25(29)18-28-10-7-15-33-24-9-6-5-8-20(24)28/h5-6,8-9,16-17H,3-4,7,10-15,18H2,1-2H3,(H,26,29). The van der Waals surface area contributed by atoms with Gasteiger partial charge in [-0.25, -0.2) is 0 Å². The molecule has 2 aliphatic rings. The van der Waals surface area contributed by atoms with Crippen LogP contribution in [0.15, 0.2) is 41.3 Å². The van der Waals surface area contributed by atoms with E-state index in [1.807, 2.05) is 43.8 Å². The molecule has 4 rings (SSSR count). The molecule has 178 valence electrons. The van der Waals surface area contributed by atoms with Gasteiger partial charge < -0.3 is 29.3 Å². The number of hydrogen-bond acceptors (Lipinski definition) is 7. The van der Waals surface area contributed by atoms with Crippen LogP contribution in [0, 0.1) is 0 Å². The van der Waals surface area contributed by atoms with Gasteiger partial charge in [-0.1, -0.05) is 12.1 Å². The van der Waals surface area contributed by atoms with Crippen LogP contribution in [0.4, 0.5) is 17.1 Å². The molecule has 0 unspecified atom stereocenters. The van der Waals surface area contributed by atoms with E-state index in [0.717, 1.165) is 48.9 Å². The molecule has 2 heterocycles. The number of hydrogen-bond donors (Lipinski definition) is 1. The number of nitrogens with zero attached hydrogens (tertiary/aromatic N) is 2. The smallest absolute Gasteiger partial charge is 0.243 e. The topological polar surface area (TPSA) is 63.3 Å². The number of carbonyl (C=O) groups is 1. The minimum atomic E-state index is -0.0702. The van der Waals surface area contributed by atoms with E-state index < -0.39 is 0 Å². The van der Waals surface area contributed by atoms with Crippen molar-refractivity contribution < 1.29 is 19.0 Å². The molecule has 1 amide bonds. The summed E-state index contributed by atoms with van der Waals surface area (Å²) in [6.07, 6.45) is 1.04. The van der Waals surface area contributed by atoms with Gasteiger partial charge in [0.15, 0.2) is 0 Å². The number of rotatable bonds is 8. The first-order valence-electron chi connectivity index (χ1n) is 11.7. The molecule has 0 aromatic heterocycles. The molecule has 0 aliphatic carbocycles.